The third kappa shape index (κ3) is 6.09. The standard InChI is InChI=1S/C30H27F2N5O4.H2S/c31-23-4-3-21(17-41-27-6-1-18(13-33)11-24(27)32)34-29(23)20-7-9-36(14-20)16-28-35-25-5-2-19(30(38)39)12-26(25)37(28)15-22-8-10-40-22;/h1-6,11-12,20,22H,7-10,14-17H2,(H,38,39);1H2/t20?,22-;/m0./s1. The number of aromatic carboxylic acids is 1. The predicted octanol–water partition coefficient (Wildman–Crippen LogP) is 4.75. The van der Waals surface area contributed by atoms with Gasteiger partial charge in [0.2, 0.25) is 0 Å². The third-order valence-corrected chi connectivity index (χ3v) is 7.65. The Morgan fingerprint density at radius 3 is 2.67 bits per heavy atom. The number of fused-ring (bicyclic) bond motifs is 1. The number of rotatable bonds is 9. The molecule has 2 saturated heterocycles. The van der Waals surface area contributed by atoms with Crippen molar-refractivity contribution in [2.24, 2.45) is 0 Å². The van der Waals surface area contributed by atoms with Gasteiger partial charge in [0, 0.05) is 19.1 Å². The summed E-state index contributed by atoms with van der Waals surface area (Å²) >= 11 is 0. The molecule has 0 aliphatic carbocycles. The second-order valence-corrected chi connectivity index (χ2v) is 10.4. The van der Waals surface area contributed by atoms with Crippen LogP contribution in [-0.2, 0) is 24.4 Å². The summed E-state index contributed by atoms with van der Waals surface area (Å²) in [7, 11) is 0. The van der Waals surface area contributed by atoms with E-state index >= 15 is 0 Å². The summed E-state index contributed by atoms with van der Waals surface area (Å²) in [6.07, 6.45) is 1.70. The summed E-state index contributed by atoms with van der Waals surface area (Å²) in [5.74, 6) is -1.39. The van der Waals surface area contributed by atoms with E-state index in [-0.39, 0.29) is 49.0 Å². The molecule has 1 unspecified atom stereocenters. The van der Waals surface area contributed by atoms with Crippen LogP contribution in [-0.4, -0.2) is 56.3 Å². The molecular weight excluding hydrogens is 564 g/mol. The minimum atomic E-state index is -0.993. The molecule has 2 aromatic carbocycles. The Labute approximate surface area is 247 Å². The number of ether oxygens (including phenoxy) is 2. The molecule has 2 atom stereocenters. The first kappa shape index (κ1) is 29.4. The molecule has 0 amide bonds. The average molecular weight is 594 g/mol. The first-order valence-corrected chi connectivity index (χ1v) is 13.4. The Morgan fingerprint density at radius 1 is 1.12 bits per heavy atom. The van der Waals surface area contributed by atoms with Crippen LogP contribution in [0.25, 0.3) is 11.0 Å². The third-order valence-electron chi connectivity index (χ3n) is 7.65. The predicted molar refractivity (Wildman–Crippen MR) is 154 cm³/mol. The van der Waals surface area contributed by atoms with Crippen LogP contribution < -0.4 is 4.74 Å². The molecule has 12 heteroatoms. The van der Waals surface area contributed by atoms with E-state index in [0.29, 0.717) is 50.6 Å². The Balaban J connectivity index is 0.00000353. The van der Waals surface area contributed by atoms with E-state index < -0.39 is 17.6 Å². The van der Waals surface area contributed by atoms with Crippen molar-refractivity contribution in [1.82, 2.24) is 19.4 Å². The molecular formula is C30H29F2N5O4S. The maximum Gasteiger partial charge on any atom is 0.335 e. The second-order valence-electron chi connectivity index (χ2n) is 10.4. The summed E-state index contributed by atoms with van der Waals surface area (Å²) in [5, 5.41) is 18.4. The number of nitriles is 1. The maximum absolute atomic E-state index is 14.9. The monoisotopic (exact) mass is 593 g/mol. The van der Waals surface area contributed by atoms with Crippen LogP contribution >= 0.6 is 13.5 Å². The van der Waals surface area contributed by atoms with Crippen molar-refractivity contribution in [2.75, 3.05) is 19.7 Å². The largest absolute Gasteiger partial charge is 0.484 e. The SMILES string of the molecule is N#Cc1ccc(OCc2ccc(F)c(C3CCN(Cc4nc5ccc(C(=O)O)cc5n4C[C@@H]4CCO4)C3)n2)c(F)c1.S. The minimum Gasteiger partial charge on any atom is -0.484 e. The molecule has 0 saturated carbocycles. The van der Waals surface area contributed by atoms with Crippen LogP contribution in [0, 0.1) is 23.0 Å². The van der Waals surface area contributed by atoms with Crippen LogP contribution in [0.1, 0.15) is 51.9 Å². The van der Waals surface area contributed by atoms with Gasteiger partial charge in [-0.2, -0.15) is 18.8 Å². The number of carboxylic acids is 1. The lowest BCUT2D eigenvalue weighted by atomic mass is 10.0. The molecule has 2 fully saturated rings. The van der Waals surface area contributed by atoms with Crippen molar-refractivity contribution in [3.05, 3.63) is 88.5 Å². The number of halogens is 2. The Hall–Kier alpha value is -4.05. The number of imidazole rings is 1. The molecule has 1 N–H and O–H groups in total. The quantitative estimate of drug-likeness (QED) is 0.296. The molecule has 42 heavy (non-hydrogen) atoms. The number of likely N-dealkylation sites (tertiary alicyclic amines) is 1. The van der Waals surface area contributed by atoms with Gasteiger partial charge in [0.15, 0.2) is 11.6 Å². The minimum absolute atomic E-state index is 0. The van der Waals surface area contributed by atoms with E-state index in [9.17, 15) is 18.7 Å². The van der Waals surface area contributed by atoms with Crippen LogP contribution in [0.3, 0.4) is 0 Å². The number of hydrogen-bond acceptors (Lipinski definition) is 7. The highest BCUT2D eigenvalue weighted by atomic mass is 32.1. The van der Waals surface area contributed by atoms with Crippen molar-refractivity contribution in [2.45, 2.75) is 44.6 Å². The number of benzene rings is 2. The summed E-state index contributed by atoms with van der Waals surface area (Å²) in [4.78, 5) is 23.1. The maximum atomic E-state index is 14.9. The first-order valence-electron chi connectivity index (χ1n) is 13.4. The van der Waals surface area contributed by atoms with Gasteiger partial charge < -0.3 is 19.1 Å². The average Bonchev–Trinajstić information content (AvgIpc) is 3.54. The Kier molecular flexibility index (Phi) is 8.72. The van der Waals surface area contributed by atoms with Gasteiger partial charge in [-0.15, -0.1) is 0 Å². The van der Waals surface area contributed by atoms with Crippen molar-refractivity contribution in [1.29, 1.82) is 5.26 Å². The number of carboxylic acid groups (broad SMARTS) is 1. The Morgan fingerprint density at radius 2 is 1.95 bits per heavy atom. The molecule has 2 aromatic heterocycles. The van der Waals surface area contributed by atoms with Crippen LogP contribution in [0.5, 0.6) is 5.75 Å². The fourth-order valence-electron chi connectivity index (χ4n) is 5.37. The summed E-state index contributed by atoms with van der Waals surface area (Å²) in [6, 6.07) is 13.6. The van der Waals surface area contributed by atoms with Gasteiger partial charge in [0.1, 0.15) is 18.2 Å². The van der Waals surface area contributed by atoms with Crippen molar-refractivity contribution >= 4 is 30.5 Å². The van der Waals surface area contributed by atoms with Gasteiger partial charge in [0.05, 0.1) is 58.8 Å². The van der Waals surface area contributed by atoms with Crippen molar-refractivity contribution in [3.8, 4) is 11.8 Å². The molecule has 2 aliphatic heterocycles. The van der Waals surface area contributed by atoms with E-state index in [0.717, 1.165) is 29.3 Å². The fraction of sp³-hybridized carbons (Fsp3) is 0.333. The Bertz CT molecular complexity index is 1670. The highest BCUT2D eigenvalue weighted by Crippen LogP contribution is 2.30. The smallest absolute Gasteiger partial charge is 0.335 e. The van der Waals surface area contributed by atoms with Crippen LogP contribution in [0.15, 0.2) is 48.5 Å². The molecule has 9 nitrogen and oxygen atoms in total. The van der Waals surface area contributed by atoms with Crippen LogP contribution in [0.2, 0.25) is 0 Å². The zero-order valence-electron chi connectivity index (χ0n) is 22.6. The van der Waals surface area contributed by atoms with Crippen molar-refractivity contribution in [3.63, 3.8) is 0 Å². The molecule has 218 valence electrons. The van der Waals surface area contributed by atoms with E-state index in [1.54, 1.807) is 18.2 Å². The lowest BCUT2D eigenvalue weighted by molar-refractivity contribution is -0.0591. The molecule has 2 aliphatic rings. The zero-order valence-corrected chi connectivity index (χ0v) is 23.6. The van der Waals surface area contributed by atoms with Gasteiger partial charge in [-0.25, -0.2) is 18.6 Å². The number of pyridine rings is 1. The molecule has 0 radical (unpaired) electrons. The summed E-state index contributed by atoms with van der Waals surface area (Å²) < 4.78 is 42.3. The second kappa shape index (κ2) is 12.4. The lowest BCUT2D eigenvalue weighted by Crippen LogP contribution is -2.32. The van der Waals surface area contributed by atoms with E-state index in [1.807, 2.05) is 10.6 Å². The van der Waals surface area contributed by atoms with Gasteiger partial charge in [0.25, 0.3) is 0 Å². The molecule has 0 spiro atoms. The van der Waals surface area contributed by atoms with Gasteiger partial charge in [-0.05, 0) is 67.9 Å². The van der Waals surface area contributed by atoms with E-state index in [2.05, 4.69) is 9.88 Å². The summed E-state index contributed by atoms with van der Waals surface area (Å²) in [6.45, 7) is 3.06. The fourth-order valence-corrected chi connectivity index (χ4v) is 5.37. The number of aromatic nitrogens is 3. The zero-order chi connectivity index (χ0) is 28.5. The van der Waals surface area contributed by atoms with Gasteiger partial charge in [-0.3, -0.25) is 9.88 Å². The topological polar surface area (TPSA) is 114 Å². The lowest BCUT2D eigenvalue weighted by Gasteiger charge is -2.28. The number of carbonyl (C=O) groups is 1. The van der Waals surface area contributed by atoms with E-state index in [4.69, 9.17) is 19.7 Å². The molecule has 4 heterocycles. The van der Waals surface area contributed by atoms with Crippen LogP contribution in [0.4, 0.5) is 8.78 Å². The van der Waals surface area contributed by atoms with Gasteiger partial charge >= 0.3 is 5.97 Å². The first-order chi connectivity index (χ1) is 19.9. The van der Waals surface area contributed by atoms with Gasteiger partial charge in [-0.1, -0.05) is 0 Å². The highest BCUT2D eigenvalue weighted by Gasteiger charge is 2.30. The molecule has 4 aromatic rings. The van der Waals surface area contributed by atoms with Crippen molar-refractivity contribution < 1.29 is 28.2 Å². The summed E-state index contributed by atoms with van der Waals surface area (Å²) in [5.41, 5.74) is 2.69. The number of nitrogens with zero attached hydrogens (tertiary/aromatic N) is 5. The molecule has 0 bridgehead atoms. The number of hydrogen-bond donors (Lipinski definition) is 1. The normalized spacial score (nSPS) is 18.3. The molecule has 6 rings (SSSR count). The van der Waals surface area contributed by atoms with E-state index in [1.165, 1.54) is 24.3 Å². The highest BCUT2D eigenvalue weighted by molar-refractivity contribution is 7.59.